The molecule has 0 spiro atoms. The van der Waals surface area contributed by atoms with Gasteiger partial charge in [0.2, 0.25) is 5.91 Å². The van der Waals surface area contributed by atoms with Gasteiger partial charge in [0.1, 0.15) is 11.6 Å². The predicted molar refractivity (Wildman–Crippen MR) is 141 cm³/mol. The number of hydrogen-bond donors (Lipinski definition) is 0. The number of fused-ring (bicyclic) bond motifs is 1. The molecule has 7 heteroatoms. The van der Waals surface area contributed by atoms with Crippen molar-refractivity contribution in [1.82, 2.24) is 4.90 Å². The van der Waals surface area contributed by atoms with Gasteiger partial charge in [-0.05, 0) is 74.2 Å². The smallest absolute Gasteiger partial charge is 0.324 e. The van der Waals surface area contributed by atoms with Crippen LogP contribution in [0.2, 0.25) is 0 Å². The third-order valence-corrected chi connectivity index (χ3v) is 7.69. The van der Waals surface area contributed by atoms with Gasteiger partial charge in [-0.15, -0.1) is 0 Å². The molecule has 0 aromatic heterocycles. The summed E-state index contributed by atoms with van der Waals surface area (Å²) in [7, 11) is 0. The number of nitrogens with zero attached hydrogens (tertiary/aromatic N) is 3. The zero-order chi connectivity index (χ0) is 26.0. The minimum absolute atomic E-state index is 0.0170. The molecule has 0 bridgehead atoms. The number of halogens is 1. The average Bonchev–Trinajstić information content (AvgIpc) is 3.35. The number of likely N-dealkylation sites (tertiary alicyclic amines) is 1. The summed E-state index contributed by atoms with van der Waals surface area (Å²) in [6.07, 6.45) is 1.69. The number of urea groups is 1. The fraction of sp³-hybridized carbons (Fsp3) is 0.300. The van der Waals surface area contributed by atoms with Crippen LogP contribution in [0.1, 0.15) is 31.7 Å². The van der Waals surface area contributed by atoms with Crippen molar-refractivity contribution < 1.29 is 18.8 Å². The van der Waals surface area contributed by atoms with Gasteiger partial charge in [0.25, 0.3) is 0 Å². The molecule has 37 heavy (non-hydrogen) atoms. The first kappa shape index (κ1) is 24.7. The van der Waals surface area contributed by atoms with Crippen LogP contribution in [0.15, 0.2) is 78.9 Å². The summed E-state index contributed by atoms with van der Waals surface area (Å²) in [5.41, 5.74) is 2.45. The van der Waals surface area contributed by atoms with Crippen molar-refractivity contribution in [2.45, 2.75) is 32.6 Å². The minimum Gasteiger partial charge on any atom is -0.324 e. The van der Waals surface area contributed by atoms with Crippen LogP contribution < -0.4 is 9.80 Å². The van der Waals surface area contributed by atoms with E-state index in [1.165, 1.54) is 24.6 Å². The van der Waals surface area contributed by atoms with Gasteiger partial charge in [0.05, 0.1) is 0 Å². The molecule has 0 atom stereocenters. The Morgan fingerprint density at radius 3 is 2.14 bits per heavy atom. The van der Waals surface area contributed by atoms with E-state index in [0.717, 1.165) is 12.1 Å². The summed E-state index contributed by atoms with van der Waals surface area (Å²) in [6.45, 7) is 3.00. The van der Waals surface area contributed by atoms with E-state index in [2.05, 4.69) is 0 Å². The Labute approximate surface area is 216 Å². The van der Waals surface area contributed by atoms with Gasteiger partial charge in [-0.1, -0.05) is 36.4 Å². The van der Waals surface area contributed by atoms with Crippen molar-refractivity contribution >= 4 is 34.8 Å². The first-order chi connectivity index (χ1) is 17.9. The third-order valence-electron chi connectivity index (χ3n) is 7.69. The molecule has 1 saturated heterocycles. The molecule has 3 amide bonds. The number of para-hydroxylation sites is 2. The maximum atomic E-state index is 13.8. The fourth-order valence-corrected chi connectivity index (χ4v) is 5.46. The first-order valence-electron chi connectivity index (χ1n) is 12.7. The zero-order valence-electron chi connectivity index (χ0n) is 20.9. The molecule has 3 aromatic rings. The van der Waals surface area contributed by atoms with E-state index in [0.29, 0.717) is 43.9 Å². The Hall–Kier alpha value is -4.00. The maximum absolute atomic E-state index is 13.8. The first-order valence-corrected chi connectivity index (χ1v) is 12.7. The van der Waals surface area contributed by atoms with Gasteiger partial charge in [-0.2, -0.15) is 0 Å². The van der Waals surface area contributed by atoms with Crippen LogP contribution in [-0.2, 0) is 16.0 Å². The van der Waals surface area contributed by atoms with Crippen LogP contribution >= 0.6 is 0 Å². The van der Waals surface area contributed by atoms with Gasteiger partial charge in [-0.25, -0.2) is 9.18 Å². The second-order valence-corrected chi connectivity index (χ2v) is 9.85. The summed E-state index contributed by atoms with van der Waals surface area (Å²) in [4.78, 5) is 45.2. The molecule has 5 rings (SSSR count). The number of carbonyl (C=O) groups excluding carboxylic acids is 3. The largest absolute Gasteiger partial charge is 0.324 e. The summed E-state index contributed by atoms with van der Waals surface area (Å²) in [6, 6.07) is 22.8. The van der Waals surface area contributed by atoms with Crippen molar-refractivity contribution in [3.63, 3.8) is 0 Å². The third kappa shape index (κ3) is 4.86. The Kier molecular flexibility index (Phi) is 6.78. The number of hydrogen-bond acceptors (Lipinski definition) is 3. The molecule has 2 aliphatic heterocycles. The highest BCUT2D eigenvalue weighted by Gasteiger charge is 2.43. The quantitative estimate of drug-likeness (QED) is 0.450. The lowest BCUT2D eigenvalue weighted by atomic mass is 9.72. The van der Waals surface area contributed by atoms with Gasteiger partial charge >= 0.3 is 6.03 Å². The topological polar surface area (TPSA) is 60.9 Å². The van der Waals surface area contributed by atoms with Gasteiger partial charge in [0, 0.05) is 48.5 Å². The van der Waals surface area contributed by atoms with Crippen LogP contribution in [0, 0.1) is 11.2 Å². The van der Waals surface area contributed by atoms with Gasteiger partial charge in [0.15, 0.2) is 0 Å². The lowest BCUT2D eigenvalue weighted by Gasteiger charge is -2.41. The second kappa shape index (κ2) is 10.2. The normalized spacial score (nSPS) is 16.3. The Morgan fingerprint density at radius 2 is 1.46 bits per heavy atom. The number of piperidine rings is 1. The Morgan fingerprint density at radius 1 is 0.838 bits per heavy atom. The summed E-state index contributed by atoms with van der Waals surface area (Å²) in [5.74, 6) is -0.671. The number of amides is 3. The van der Waals surface area contributed by atoms with Crippen LogP contribution in [0.5, 0.6) is 0 Å². The molecule has 3 aromatic carbocycles. The van der Waals surface area contributed by atoms with E-state index < -0.39 is 5.41 Å². The van der Waals surface area contributed by atoms with Crippen molar-refractivity contribution in [3.8, 4) is 0 Å². The SMILES string of the molecule is CC(=O)C1(CC(=O)N(c2ccccc2)c2ccc(F)cc2)CCN(C(=O)N2CCc3ccccc32)CC1. The molecule has 0 N–H and O–H groups in total. The van der Waals surface area contributed by atoms with E-state index in [4.69, 9.17) is 0 Å². The number of ketones is 1. The highest BCUT2D eigenvalue weighted by molar-refractivity contribution is 6.03. The molecule has 0 radical (unpaired) electrons. The summed E-state index contributed by atoms with van der Waals surface area (Å²) >= 11 is 0. The molecule has 0 unspecified atom stereocenters. The lowest BCUT2D eigenvalue weighted by Crippen LogP contribution is -2.51. The molecule has 2 aliphatic rings. The van der Waals surface area contributed by atoms with Crippen molar-refractivity contribution in [1.29, 1.82) is 0 Å². The number of benzene rings is 3. The average molecular weight is 500 g/mol. The Bertz CT molecular complexity index is 1300. The molecule has 6 nitrogen and oxygen atoms in total. The second-order valence-electron chi connectivity index (χ2n) is 9.85. The van der Waals surface area contributed by atoms with E-state index >= 15 is 0 Å². The molecule has 0 saturated carbocycles. The van der Waals surface area contributed by atoms with Crippen LogP contribution in [-0.4, -0.2) is 42.3 Å². The van der Waals surface area contributed by atoms with Crippen molar-refractivity contribution in [3.05, 3.63) is 90.2 Å². The van der Waals surface area contributed by atoms with E-state index in [1.807, 2.05) is 59.5 Å². The van der Waals surface area contributed by atoms with Crippen LogP contribution in [0.4, 0.5) is 26.2 Å². The number of rotatable bonds is 5. The standard InChI is InChI=1S/C30H30FN3O3/c1-22(35)30(16-19-32(20-17-30)29(37)33-18-15-23-7-5-6-10-27(23)33)21-28(36)34(25-8-3-2-4-9-25)26-13-11-24(31)12-14-26/h2-14H,15-21H2,1H3. The molecule has 1 fully saturated rings. The van der Waals surface area contributed by atoms with Gasteiger partial charge in [-0.3, -0.25) is 19.4 Å². The highest BCUT2D eigenvalue weighted by atomic mass is 19.1. The van der Waals surface area contributed by atoms with Crippen molar-refractivity contribution in [2.24, 2.45) is 5.41 Å². The lowest BCUT2D eigenvalue weighted by molar-refractivity contribution is -0.134. The van der Waals surface area contributed by atoms with E-state index in [-0.39, 0.29) is 30.0 Å². The highest BCUT2D eigenvalue weighted by Crippen LogP contribution is 2.39. The molecular formula is C30H30FN3O3. The zero-order valence-corrected chi connectivity index (χ0v) is 20.9. The molecule has 0 aliphatic carbocycles. The molecule has 190 valence electrons. The molecule has 2 heterocycles. The predicted octanol–water partition coefficient (Wildman–Crippen LogP) is 5.73. The van der Waals surface area contributed by atoms with Crippen LogP contribution in [0.25, 0.3) is 0 Å². The van der Waals surface area contributed by atoms with Gasteiger partial charge < -0.3 is 4.90 Å². The molecular weight excluding hydrogens is 469 g/mol. The van der Waals surface area contributed by atoms with E-state index in [1.54, 1.807) is 21.9 Å². The maximum Gasteiger partial charge on any atom is 0.324 e. The summed E-state index contributed by atoms with van der Waals surface area (Å²) < 4.78 is 13.6. The van der Waals surface area contributed by atoms with Crippen LogP contribution in [0.3, 0.4) is 0 Å². The van der Waals surface area contributed by atoms with Crippen molar-refractivity contribution in [2.75, 3.05) is 29.4 Å². The number of carbonyl (C=O) groups is 3. The fourth-order valence-electron chi connectivity index (χ4n) is 5.46. The summed E-state index contributed by atoms with van der Waals surface area (Å²) in [5, 5.41) is 0. The number of Topliss-reactive ketones (excluding diaryl/α,β-unsaturated/α-hetero) is 1. The number of anilines is 3. The monoisotopic (exact) mass is 499 g/mol. The minimum atomic E-state index is -0.857. The Balaban J connectivity index is 1.34. The van der Waals surface area contributed by atoms with E-state index in [9.17, 15) is 18.8 Å².